The molecule has 1 heteroatoms. The average Bonchev–Trinajstić information content (AvgIpc) is 2.13. The summed E-state index contributed by atoms with van der Waals surface area (Å²) in [4.78, 5) is 0. The van der Waals surface area contributed by atoms with Gasteiger partial charge in [-0.15, -0.1) is 0 Å². The largest absolute Gasteiger partial charge is 0.390 e. The summed E-state index contributed by atoms with van der Waals surface area (Å²) in [5, 5.41) is 10.2. The van der Waals surface area contributed by atoms with Crippen LogP contribution >= 0.6 is 0 Å². The van der Waals surface area contributed by atoms with Crippen LogP contribution in [-0.4, -0.2) is 10.7 Å². The van der Waals surface area contributed by atoms with Crippen LogP contribution < -0.4 is 0 Å². The van der Waals surface area contributed by atoms with Crippen molar-refractivity contribution in [2.75, 3.05) is 0 Å². The first-order valence-corrected chi connectivity index (χ1v) is 5.93. The van der Waals surface area contributed by atoms with Gasteiger partial charge < -0.3 is 5.11 Å². The summed E-state index contributed by atoms with van der Waals surface area (Å²) in [6, 6.07) is 0. The Hall–Kier alpha value is -0.820. The molecule has 0 saturated heterocycles. The minimum Gasteiger partial charge on any atom is -0.390 e. The number of hydrogen-bond acceptors (Lipinski definition) is 1. The Kier molecular flexibility index (Phi) is 6.35. The zero-order valence-electron chi connectivity index (χ0n) is 11.4. The molecule has 0 rings (SSSR count). The van der Waals surface area contributed by atoms with Gasteiger partial charge in [-0.2, -0.15) is 0 Å². The molecule has 1 nitrogen and oxygen atoms in total. The predicted octanol–water partition coefficient (Wildman–Crippen LogP) is 4.40. The highest BCUT2D eigenvalue weighted by Gasteiger charge is 2.17. The minimum absolute atomic E-state index is 0.608. The van der Waals surface area contributed by atoms with E-state index in [9.17, 15) is 5.11 Å². The highest BCUT2D eigenvalue weighted by Crippen LogP contribution is 2.20. The van der Waals surface area contributed by atoms with E-state index in [1.807, 2.05) is 20.8 Å². The van der Waals surface area contributed by atoms with Crippen molar-refractivity contribution in [1.29, 1.82) is 0 Å². The monoisotopic (exact) mass is 222 g/mol. The molecule has 0 spiro atoms. The van der Waals surface area contributed by atoms with E-state index in [1.54, 1.807) is 0 Å². The summed E-state index contributed by atoms with van der Waals surface area (Å²) in [6.45, 7) is 14.0. The fourth-order valence-electron chi connectivity index (χ4n) is 1.32. The number of aliphatic hydroxyl groups is 1. The minimum atomic E-state index is -0.608. The van der Waals surface area contributed by atoms with Gasteiger partial charge in [0, 0.05) is 0 Å². The lowest BCUT2D eigenvalue weighted by Gasteiger charge is -2.21. The summed E-state index contributed by atoms with van der Waals surface area (Å²) in [5.41, 5.74) is 2.94. The molecule has 0 heterocycles. The molecule has 0 aliphatic heterocycles. The van der Waals surface area contributed by atoms with Crippen molar-refractivity contribution in [3.63, 3.8) is 0 Å². The second-order valence-electron chi connectivity index (χ2n) is 5.19. The van der Waals surface area contributed by atoms with E-state index in [1.165, 1.54) is 11.1 Å². The van der Waals surface area contributed by atoms with Crippen LogP contribution in [0.15, 0.2) is 35.5 Å². The van der Waals surface area contributed by atoms with Crippen molar-refractivity contribution in [2.45, 2.75) is 59.5 Å². The molecule has 0 aromatic rings. The van der Waals surface area contributed by atoms with Crippen molar-refractivity contribution in [1.82, 2.24) is 0 Å². The van der Waals surface area contributed by atoms with Crippen molar-refractivity contribution in [3.8, 4) is 0 Å². The third kappa shape index (κ3) is 7.47. The molecule has 0 saturated carbocycles. The normalized spacial score (nSPS) is 15.5. The van der Waals surface area contributed by atoms with Gasteiger partial charge in [-0.3, -0.25) is 0 Å². The molecular weight excluding hydrogens is 196 g/mol. The van der Waals surface area contributed by atoms with Crippen LogP contribution in [0, 0.1) is 0 Å². The Balaban J connectivity index is 4.20. The SMILES string of the molecule is C=C(C)/C(C)=C\CC(C)(O)CCC=C(C)C. The highest BCUT2D eigenvalue weighted by atomic mass is 16.3. The van der Waals surface area contributed by atoms with E-state index < -0.39 is 5.60 Å². The number of hydrogen-bond donors (Lipinski definition) is 1. The molecule has 0 bridgehead atoms. The van der Waals surface area contributed by atoms with Crippen LogP contribution in [-0.2, 0) is 0 Å². The molecule has 0 aromatic carbocycles. The average molecular weight is 222 g/mol. The first-order chi connectivity index (χ1) is 7.24. The summed E-state index contributed by atoms with van der Waals surface area (Å²) < 4.78 is 0. The van der Waals surface area contributed by atoms with Crippen LogP contribution in [0.5, 0.6) is 0 Å². The van der Waals surface area contributed by atoms with Crippen LogP contribution in [0.1, 0.15) is 53.9 Å². The second-order valence-corrected chi connectivity index (χ2v) is 5.19. The van der Waals surface area contributed by atoms with Crippen molar-refractivity contribution >= 4 is 0 Å². The van der Waals surface area contributed by atoms with Crippen LogP contribution in [0.2, 0.25) is 0 Å². The van der Waals surface area contributed by atoms with Gasteiger partial charge in [0.2, 0.25) is 0 Å². The van der Waals surface area contributed by atoms with Gasteiger partial charge in [0.05, 0.1) is 5.60 Å². The molecule has 16 heavy (non-hydrogen) atoms. The second kappa shape index (κ2) is 6.70. The van der Waals surface area contributed by atoms with E-state index >= 15 is 0 Å². The smallest absolute Gasteiger partial charge is 0.0657 e. The van der Waals surface area contributed by atoms with Crippen LogP contribution in [0.4, 0.5) is 0 Å². The Morgan fingerprint density at radius 3 is 2.19 bits per heavy atom. The fourth-order valence-corrected chi connectivity index (χ4v) is 1.32. The maximum atomic E-state index is 10.2. The van der Waals surface area contributed by atoms with Gasteiger partial charge in [-0.05, 0) is 53.9 Å². The zero-order chi connectivity index (χ0) is 12.8. The van der Waals surface area contributed by atoms with Gasteiger partial charge in [-0.1, -0.05) is 35.5 Å². The van der Waals surface area contributed by atoms with Gasteiger partial charge in [0.25, 0.3) is 0 Å². The van der Waals surface area contributed by atoms with E-state index in [4.69, 9.17) is 0 Å². The molecule has 1 atom stereocenters. The van der Waals surface area contributed by atoms with E-state index in [0.717, 1.165) is 18.4 Å². The summed E-state index contributed by atoms with van der Waals surface area (Å²) in [6.07, 6.45) is 6.68. The molecule has 92 valence electrons. The van der Waals surface area contributed by atoms with E-state index in [2.05, 4.69) is 32.6 Å². The fraction of sp³-hybridized carbons (Fsp3) is 0.600. The summed E-state index contributed by atoms with van der Waals surface area (Å²) in [5.74, 6) is 0. The van der Waals surface area contributed by atoms with Crippen molar-refractivity contribution in [3.05, 3.63) is 35.5 Å². The summed E-state index contributed by atoms with van der Waals surface area (Å²) in [7, 11) is 0. The molecule has 0 radical (unpaired) electrons. The molecular formula is C15H26O. The molecule has 0 aliphatic carbocycles. The van der Waals surface area contributed by atoms with Crippen LogP contribution in [0.3, 0.4) is 0 Å². The van der Waals surface area contributed by atoms with Crippen LogP contribution in [0.25, 0.3) is 0 Å². The maximum absolute atomic E-state index is 10.2. The Morgan fingerprint density at radius 1 is 1.19 bits per heavy atom. The van der Waals surface area contributed by atoms with Gasteiger partial charge in [0.15, 0.2) is 0 Å². The van der Waals surface area contributed by atoms with E-state index in [0.29, 0.717) is 6.42 Å². The third-order valence-corrected chi connectivity index (χ3v) is 2.76. The lowest BCUT2D eigenvalue weighted by molar-refractivity contribution is 0.0549. The molecule has 1 unspecified atom stereocenters. The molecule has 0 aromatic heterocycles. The number of rotatable bonds is 6. The van der Waals surface area contributed by atoms with Gasteiger partial charge in [-0.25, -0.2) is 0 Å². The Morgan fingerprint density at radius 2 is 1.75 bits per heavy atom. The van der Waals surface area contributed by atoms with Crippen molar-refractivity contribution in [2.24, 2.45) is 0 Å². The van der Waals surface area contributed by atoms with E-state index in [-0.39, 0.29) is 0 Å². The molecule has 1 N–H and O–H groups in total. The lowest BCUT2D eigenvalue weighted by atomic mass is 9.94. The first kappa shape index (κ1) is 15.2. The topological polar surface area (TPSA) is 20.2 Å². The first-order valence-electron chi connectivity index (χ1n) is 5.93. The predicted molar refractivity (Wildman–Crippen MR) is 72.5 cm³/mol. The standard InChI is InChI=1S/C15H26O/c1-12(2)8-7-10-15(6,16)11-9-14(5)13(3)4/h8-9,16H,3,7,10-11H2,1-2,4-6H3/b14-9-. The molecule has 0 aliphatic rings. The molecule has 0 amide bonds. The maximum Gasteiger partial charge on any atom is 0.0657 e. The third-order valence-electron chi connectivity index (χ3n) is 2.76. The lowest BCUT2D eigenvalue weighted by Crippen LogP contribution is -2.22. The Bertz CT molecular complexity index is 289. The van der Waals surface area contributed by atoms with Crippen molar-refractivity contribution < 1.29 is 5.11 Å². The Labute approximate surface area is 101 Å². The summed E-state index contributed by atoms with van der Waals surface area (Å²) >= 11 is 0. The van der Waals surface area contributed by atoms with Gasteiger partial charge >= 0.3 is 0 Å². The number of allylic oxidation sites excluding steroid dienone is 4. The highest BCUT2D eigenvalue weighted by molar-refractivity contribution is 5.23. The van der Waals surface area contributed by atoms with Gasteiger partial charge in [0.1, 0.15) is 0 Å². The zero-order valence-corrected chi connectivity index (χ0v) is 11.4. The quantitative estimate of drug-likeness (QED) is 0.522. The molecule has 0 fully saturated rings.